The SMILES string of the molecule is CC[C@H](C)OC(=O)C1C(C)=NC2=C(C(=O)C[C@H](c3ccc(OC)cc3)C2)[C@@H]1c1ccc(OC)cc1OC. The standard InChI is InChI=1S/C30H35NO6/c1-7-17(2)37-30(33)27-18(3)31-24-14-20(19-8-10-21(34-4)11-9-19)15-25(32)29(24)28(27)23-13-12-22(35-5)16-26(23)36-6/h8-13,16-17,20,27-28H,7,14-15H2,1-6H3/t17-,20+,27?,28+/m0/s1. The minimum Gasteiger partial charge on any atom is -0.497 e. The van der Waals surface area contributed by atoms with Gasteiger partial charge in [0.1, 0.15) is 23.2 Å². The van der Waals surface area contributed by atoms with E-state index in [0.717, 1.165) is 22.6 Å². The number of rotatable bonds is 8. The summed E-state index contributed by atoms with van der Waals surface area (Å²) in [5.74, 6) is 0.271. The van der Waals surface area contributed by atoms with E-state index in [9.17, 15) is 9.59 Å². The minimum absolute atomic E-state index is 0.00395. The highest BCUT2D eigenvalue weighted by molar-refractivity contribution is 6.09. The lowest BCUT2D eigenvalue weighted by atomic mass is 9.69. The zero-order valence-corrected chi connectivity index (χ0v) is 22.4. The molecule has 4 rings (SSSR count). The van der Waals surface area contributed by atoms with Crippen molar-refractivity contribution in [2.45, 2.75) is 58.0 Å². The van der Waals surface area contributed by atoms with E-state index in [4.69, 9.17) is 23.9 Å². The quantitative estimate of drug-likeness (QED) is 0.433. The molecule has 0 spiro atoms. The molecule has 0 saturated carbocycles. The summed E-state index contributed by atoms with van der Waals surface area (Å²) in [7, 11) is 4.79. The van der Waals surface area contributed by atoms with E-state index in [1.165, 1.54) is 0 Å². The molecule has 0 saturated heterocycles. The Kier molecular flexibility index (Phi) is 8.00. The van der Waals surface area contributed by atoms with Crippen LogP contribution in [0.4, 0.5) is 0 Å². The molecular weight excluding hydrogens is 470 g/mol. The molecule has 0 radical (unpaired) electrons. The molecule has 1 aliphatic heterocycles. The predicted octanol–water partition coefficient (Wildman–Crippen LogP) is 5.63. The van der Waals surface area contributed by atoms with Crippen molar-refractivity contribution < 1.29 is 28.5 Å². The number of ketones is 1. The molecule has 0 N–H and O–H groups in total. The summed E-state index contributed by atoms with van der Waals surface area (Å²) >= 11 is 0. The Hall–Kier alpha value is -3.61. The van der Waals surface area contributed by atoms with E-state index in [-0.39, 0.29) is 23.8 Å². The summed E-state index contributed by atoms with van der Waals surface area (Å²) in [6.07, 6.45) is 1.39. The molecule has 1 unspecified atom stereocenters. The van der Waals surface area contributed by atoms with Gasteiger partial charge in [0.2, 0.25) is 0 Å². The van der Waals surface area contributed by atoms with E-state index in [2.05, 4.69) is 0 Å². The van der Waals surface area contributed by atoms with Gasteiger partial charge in [-0.05, 0) is 56.4 Å². The van der Waals surface area contributed by atoms with Crippen molar-refractivity contribution in [3.8, 4) is 17.2 Å². The third kappa shape index (κ3) is 5.26. The first kappa shape index (κ1) is 26.5. The Morgan fingerprint density at radius 2 is 1.68 bits per heavy atom. The third-order valence-electron chi connectivity index (χ3n) is 7.40. The number of aliphatic imine (C=N–C) groups is 1. The largest absolute Gasteiger partial charge is 0.497 e. The Morgan fingerprint density at radius 3 is 2.30 bits per heavy atom. The Bertz CT molecular complexity index is 1230. The van der Waals surface area contributed by atoms with Crippen LogP contribution in [0.2, 0.25) is 0 Å². The maximum absolute atomic E-state index is 13.8. The van der Waals surface area contributed by atoms with Crippen LogP contribution in [0.15, 0.2) is 58.7 Å². The fourth-order valence-corrected chi connectivity index (χ4v) is 5.24. The number of benzene rings is 2. The highest BCUT2D eigenvalue weighted by Crippen LogP contribution is 2.49. The molecule has 0 fully saturated rings. The van der Waals surface area contributed by atoms with E-state index in [0.29, 0.717) is 42.0 Å². The van der Waals surface area contributed by atoms with E-state index < -0.39 is 11.8 Å². The first-order valence-corrected chi connectivity index (χ1v) is 12.7. The van der Waals surface area contributed by atoms with Crippen LogP contribution < -0.4 is 14.2 Å². The zero-order valence-electron chi connectivity index (χ0n) is 22.4. The number of hydrogen-bond acceptors (Lipinski definition) is 7. The molecule has 0 bridgehead atoms. The first-order chi connectivity index (χ1) is 17.8. The van der Waals surface area contributed by atoms with Crippen molar-refractivity contribution in [2.75, 3.05) is 21.3 Å². The maximum atomic E-state index is 13.8. The first-order valence-electron chi connectivity index (χ1n) is 12.7. The topological polar surface area (TPSA) is 83.4 Å². The van der Waals surface area contributed by atoms with Crippen LogP contribution in [0.25, 0.3) is 0 Å². The van der Waals surface area contributed by atoms with Crippen LogP contribution in [-0.4, -0.2) is 44.9 Å². The van der Waals surface area contributed by atoms with Crippen molar-refractivity contribution in [3.63, 3.8) is 0 Å². The van der Waals surface area contributed by atoms with Crippen molar-refractivity contribution in [3.05, 3.63) is 64.9 Å². The van der Waals surface area contributed by atoms with Crippen LogP contribution in [0, 0.1) is 5.92 Å². The molecule has 1 heterocycles. The second-order valence-electron chi connectivity index (χ2n) is 9.63. The monoisotopic (exact) mass is 505 g/mol. The van der Waals surface area contributed by atoms with Gasteiger partial charge in [-0.1, -0.05) is 25.1 Å². The zero-order chi connectivity index (χ0) is 26.7. The lowest BCUT2D eigenvalue weighted by Gasteiger charge is -2.37. The van der Waals surface area contributed by atoms with Gasteiger partial charge in [-0.15, -0.1) is 0 Å². The molecule has 4 atom stereocenters. The molecule has 0 aromatic heterocycles. The lowest BCUT2D eigenvalue weighted by molar-refractivity contribution is -0.151. The lowest BCUT2D eigenvalue weighted by Crippen LogP contribution is -2.39. The van der Waals surface area contributed by atoms with E-state index in [1.807, 2.05) is 57.2 Å². The molecular formula is C30H35NO6. The van der Waals surface area contributed by atoms with Crippen LogP contribution in [-0.2, 0) is 14.3 Å². The highest BCUT2D eigenvalue weighted by Gasteiger charge is 2.46. The highest BCUT2D eigenvalue weighted by atomic mass is 16.5. The number of methoxy groups -OCH3 is 3. The summed E-state index contributed by atoms with van der Waals surface area (Å²) in [4.78, 5) is 32.2. The molecule has 0 amide bonds. The van der Waals surface area contributed by atoms with E-state index >= 15 is 0 Å². The van der Waals surface area contributed by atoms with Crippen molar-refractivity contribution in [1.82, 2.24) is 0 Å². The van der Waals surface area contributed by atoms with Crippen molar-refractivity contribution in [2.24, 2.45) is 10.9 Å². The molecule has 2 aromatic carbocycles. The number of hydrogen-bond donors (Lipinski definition) is 0. The van der Waals surface area contributed by atoms with E-state index in [1.54, 1.807) is 27.4 Å². The smallest absolute Gasteiger partial charge is 0.315 e. The fraction of sp³-hybridized carbons (Fsp3) is 0.433. The second-order valence-corrected chi connectivity index (χ2v) is 9.63. The van der Waals surface area contributed by atoms with Gasteiger partial charge in [0.25, 0.3) is 0 Å². The summed E-state index contributed by atoms with van der Waals surface area (Å²) in [6, 6.07) is 13.3. The summed E-state index contributed by atoms with van der Waals surface area (Å²) in [5, 5.41) is 0. The molecule has 2 aromatic rings. The normalized spacial score (nSPS) is 22.1. The predicted molar refractivity (Wildman–Crippen MR) is 142 cm³/mol. The Balaban J connectivity index is 1.81. The van der Waals surface area contributed by atoms with Gasteiger partial charge in [0, 0.05) is 41.0 Å². The summed E-state index contributed by atoms with van der Waals surface area (Å²) in [5.41, 5.74) is 3.74. The van der Waals surface area contributed by atoms with Gasteiger partial charge in [0.15, 0.2) is 5.78 Å². The molecule has 7 nitrogen and oxygen atoms in total. The van der Waals surface area contributed by atoms with Crippen molar-refractivity contribution in [1.29, 1.82) is 0 Å². The average molecular weight is 506 g/mol. The van der Waals surface area contributed by atoms with Gasteiger partial charge in [-0.3, -0.25) is 14.6 Å². The molecule has 196 valence electrons. The molecule has 7 heteroatoms. The second kappa shape index (κ2) is 11.2. The number of ether oxygens (including phenoxy) is 4. The fourth-order valence-electron chi connectivity index (χ4n) is 5.24. The number of carbonyl (C=O) groups excluding carboxylic acids is 2. The number of Topliss-reactive ketones (excluding diaryl/α,β-unsaturated/α-hetero) is 1. The molecule has 37 heavy (non-hydrogen) atoms. The van der Waals surface area contributed by atoms with Gasteiger partial charge in [-0.2, -0.15) is 0 Å². The molecule has 1 aliphatic carbocycles. The van der Waals surface area contributed by atoms with Gasteiger partial charge < -0.3 is 18.9 Å². The number of carbonyl (C=O) groups is 2. The average Bonchev–Trinajstić information content (AvgIpc) is 2.91. The Labute approximate surface area is 218 Å². The maximum Gasteiger partial charge on any atom is 0.315 e. The Morgan fingerprint density at radius 1 is 1.00 bits per heavy atom. The number of allylic oxidation sites excluding steroid dienone is 2. The van der Waals surface area contributed by atoms with Crippen LogP contribution in [0.1, 0.15) is 63.0 Å². The summed E-state index contributed by atoms with van der Waals surface area (Å²) < 4.78 is 22.2. The minimum atomic E-state index is -0.725. The van der Waals surface area contributed by atoms with Gasteiger partial charge in [-0.25, -0.2) is 0 Å². The summed E-state index contributed by atoms with van der Waals surface area (Å²) in [6.45, 7) is 5.68. The van der Waals surface area contributed by atoms with Gasteiger partial charge >= 0.3 is 5.97 Å². The molecule has 2 aliphatic rings. The van der Waals surface area contributed by atoms with Crippen molar-refractivity contribution >= 4 is 17.5 Å². The number of esters is 1. The number of nitrogens with zero attached hydrogens (tertiary/aromatic N) is 1. The van der Waals surface area contributed by atoms with Gasteiger partial charge in [0.05, 0.1) is 27.4 Å². The van der Waals surface area contributed by atoms with Crippen LogP contribution >= 0.6 is 0 Å². The van der Waals surface area contributed by atoms with Crippen LogP contribution in [0.5, 0.6) is 17.2 Å². The van der Waals surface area contributed by atoms with Crippen LogP contribution in [0.3, 0.4) is 0 Å². The third-order valence-corrected chi connectivity index (χ3v) is 7.40.